The lowest BCUT2D eigenvalue weighted by Gasteiger charge is -2.40. The highest BCUT2D eigenvalue weighted by molar-refractivity contribution is 5.24. The molecule has 0 radical (unpaired) electrons. The highest BCUT2D eigenvalue weighted by Crippen LogP contribution is 2.39. The van der Waals surface area contributed by atoms with Crippen molar-refractivity contribution in [1.29, 1.82) is 0 Å². The summed E-state index contributed by atoms with van der Waals surface area (Å²) < 4.78 is 0. The Bertz CT molecular complexity index is 918. The molecule has 156 valence electrons. The van der Waals surface area contributed by atoms with Crippen molar-refractivity contribution in [3.63, 3.8) is 0 Å². The molecule has 2 aromatic rings. The Balaban J connectivity index is 1.37. The molecule has 1 atom stereocenters. The van der Waals surface area contributed by atoms with E-state index in [-0.39, 0.29) is 5.56 Å². The van der Waals surface area contributed by atoms with E-state index in [2.05, 4.69) is 57.9 Å². The largest absolute Gasteiger partial charge is 0.325 e. The monoisotopic (exact) mass is 396 g/mol. The summed E-state index contributed by atoms with van der Waals surface area (Å²) >= 11 is 0. The zero-order valence-electron chi connectivity index (χ0n) is 17.5. The normalized spacial score (nSPS) is 23.3. The van der Waals surface area contributed by atoms with Crippen LogP contribution in [0.5, 0.6) is 0 Å². The fourth-order valence-electron chi connectivity index (χ4n) is 5.05. The van der Waals surface area contributed by atoms with Gasteiger partial charge in [-0.1, -0.05) is 38.1 Å². The summed E-state index contributed by atoms with van der Waals surface area (Å²) in [6, 6.07) is 10.6. The third-order valence-electron chi connectivity index (χ3n) is 6.52. The highest BCUT2D eigenvalue weighted by atomic mass is 16.2. The Hall–Kier alpha value is -2.18. The first-order valence-corrected chi connectivity index (χ1v) is 10.8. The molecule has 0 amide bonds. The van der Waals surface area contributed by atoms with Gasteiger partial charge in [-0.3, -0.25) is 19.6 Å². The number of hydrogen-bond acceptors (Lipinski definition) is 4. The van der Waals surface area contributed by atoms with Crippen molar-refractivity contribution in [3.05, 3.63) is 68.0 Å². The average molecular weight is 397 g/mol. The number of nitrogens with zero attached hydrogens (tertiary/aromatic N) is 2. The molecule has 2 N–H and O–H groups in total. The van der Waals surface area contributed by atoms with Gasteiger partial charge in [0, 0.05) is 37.9 Å². The summed E-state index contributed by atoms with van der Waals surface area (Å²) in [5, 5.41) is 0. The Morgan fingerprint density at radius 1 is 0.966 bits per heavy atom. The van der Waals surface area contributed by atoms with E-state index < -0.39 is 5.69 Å². The molecule has 4 rings (SSSR count). The second-order valence-electron chi connectivity index (χ2n) is 9.28. The number of aromatic nitrogens is 2. The molecule has 6 nitrogen and oxygen atoms in total. The van der Waals surface area contributed by atoms with Crippen molar-refractivity contribution >= 4 is 0 Å². The highest BCUT2D eigenvalue weighted by Gasteiger charge is 2.41. The van der Waals surface area contributed by atoms with Crippen molar-refractivity contribution in [2.24, 2.45) is 5.41 Å². The van der Waals surface area contributed by atoms with Crippen LogP contribution in [-0.2, 0) is 13.1 Å². The Morgan fingerprint density at radius 2 is 1.69 bits per heavy atom. The minimum absolute atomic E-state index is 0.329. The molecular formula is C23H32N4O2. The van der Waals surface area contributed by atoms with Gasteiger partial charge < -0.3 is 4.98 Å². The van der Waals surface area contributed by atoms with Gasteiger partial charge in [0.05, 0.1) is 0 Å². The van der Waals surface area contributed by atoms with Crippen LogP contribution in [0.3, 0.4) is 0 Å². The summed E-state index contributed by atoms with van der Waals surface area (Å²) in [5.41, 5.74) is 3.07. The molecule has 2 aliphatic rings. The van der Waals surface area contributed by atoms with Gasteiger partial charge in [0.25, 0.3) is 5.56 Å². The topological polar surface area (TPSA) is 72.2 Å². The number of nitrogens with one attached hydrogen (secondary N) is 2. The van der Waals surface area contributed by atoms with E-state index in [0.29, 0.717) is 23.6 Å². The second-order valence-corrected chi connectivity index (χ2v) is 9.28. The maximum Gasteiger partial charge on any atom is 0.325 e. The van der Waals surface area contributed by atoms with Crippen LogP contribution in [0.2, 0.25) is 0 Å². The lowest BCUT2D eigenvalue weighted by atomic mass is 9.79. The molecule has 1 spiro atoms. The molecule has 6 heteroatoms. The van der Waals surface area contributed by atoms with E-state index in [0.717, 1.165) is 32.7 Å². The van der Waals surface area contributed by atoms with E-state index in [4.69, 9.17) is 0 Å². The molecule has 1 aromatic carbocycles. The van der Waals surface area contributed by atoms with Gasteiger partial charge >= 0.3 is 5.69 Å². The van der Waals surface area contributed by atoms with Gasteiger partial charge in [-0.2, -0.15) is 0 Å². The number of likely N-dealkylation sites (tertiary alicyclic amines) is 2. The fourth-order valence-corrected chi connectivity index (χ4v) is 5.05. The molecule has 29 heavy (non-hydrogen) atoms. The van der Waals surface area contributed by atoms with Gasteiger partial charge in [0.1, 0.15) is 0 Å². The SMILES string of the molecule is CC(C)c1ccc(CN2CCC[C@]3(CCN(Cc4cc(=O)[nH]c(=O)[nH]4)C3)C2)cc1. The van der Waals surface area contributed by atoms with Crippen LogP contribution in [0.15, 0.2) is 39.9 Å². The minimum atomic E-state index is -0.422. The van der Waals surface area contributed by atoms with Crippen molar-refractivity contribution in [3.8, 4) is 0 Å². The summed E-state index contributed by atoms with van der Waals surface area (Å²) in [6.07, 6.45) is 3.68. The minimum Gasteiger partial charge on any atom is -0.310 e. The van der Waals surface area contributed by atoms with Crippen LogP contribution in [0.1, 0.15) is 55.8 Å². The van der Waals surface area contributed by atoms with Gasteiger partial charge in [-0.15, -0.1) is 0 Å². The number of rotatable bonds is 5. The van der Waals surface area contributed by atoms with Gasteiger partial charge in [0.2, 0.25) is 0 Å². The quantitative estimate of drug-likeness (QED) is 0.815. The smallest absolute Gasteiger partial charge is 0.310 e. The molecule has 2 saturated heterocycles. The Labute approximate surface area is 172 Å². The average Bonchev–Trinajstić information content (AvgIpc) is 3.03. The zero-order valence-corrected chi connectivity index (χ0v) is 17.5. The Kier molecular flexibility index (Phi) is 5.74. The van der Waals surface area contributed by atoms with Crippen molar-refractivity contribution in [2.45, 2.75) is 52.1 Å². The molecule has 0 unspecified atom stereocenters. The molecular weight excluding hydrogens is 364 g/mol. The lowest BCUT2D eigenvalue weighted by molar-refractivity contribution is 0.0864. The van der Waals surface area contributed by atoms with Crippen LogP contribution >= 0.6 is 0 Å². The van der Waals surface area contributed by atoms with Crippen LogP contribution < -0.4 is 11.2 Å². The van der Waals surface area contributed by atoms with Crippen molar-refractivity contribution in [2.75, 3.05) is 26.2 Å². The van der Waals surface area contributed by atoms with Gasteiger partial charge in [-0.05, 0) is 54.8 Å². The molecule has 0 saturated carbocycles. The molecule has 3 heterocycles. The predicted molar refractivity (Wildman–Crippen MR) is 115 cm³/mol. The fraction of sp³-hybridized carbons (Fsp3) is 0.565. The molecule has 0 bridgehead atoms. The van der Waals surface area contributed by atoms with E-state index in [1.54, 1.807) is 0 Å². The summed E-state index contributed by atoms with van der Waals surface area (Å²) in [4.78, 5) is 33.1. The van der Waals surface area contributed by atoms with Gasteiger partial charge in [0.15, 0.2) is 0 Å². The predicted octanol–water partition coefficient (Wildman–Crippen LogP) is 2.67. The van der Waals surface area contributed by atoms with E-state index in [9.17, 15) is 9.59 Å². The van der Waals surface area contributed by atoms with Crippen LogP contribution in [-0.4, -0.2) is 45.9 Å². The first-order chi connectivity index (χ1) is 13.9. The summed E-state index contributed by atoms with van der Waals surface area (Å²) in [5.74, 6) is 0.571. The first-order valence-electron chi connectivity index (χ1n) is 10.8. The first kappa shape index (κ1) is 20.1. The van der Waals surface area contributed by atoms with Crippen molar-refractivity contribution in [1.82, 2.24) is 19.8 Å². The van der Waals surface area contributed by atoms with E-state index >= 15 is 0 Å². The Morgan fingerprint density at radius 3 is 2.38 bits per heavy atom. The lowest BCUT2D eigenvalue weighted by Crippen LogP contribution is -2.44. The van der Waals surface area contributed by atoms with Crippen LogP contribution in [0.25, 0.3) is 0 Å². The van der Waals surface area contributed by atoms with Gasteiger partial charge in [-0.25, -0.2) is 4.79 Å². The van der Waals surface area contributed by atoms with E-state index in [1.165, 1.54) is 36.5 Å². The summed E-state index contributed by atoms with van der Waals surface area (Å²) in [6.45, 7) is 10.5. The third-order valence-corrected chi connectivity index (χ3v) is 6.52. The molecule has 0 aliphatic carbocycles. The van der Waals surface area contributed by atoms with Crippen LogP contribution in [0, 0.1) is 5.41 Å². The molecule has 2 fully saturated rings. The summed E-state index contributed by atoms with van der Waals surface area (Å²) in [7, 11) is 0. The molecule has 1 aromatic heterocycles. The maximum atomic E-state index is 11.6. The maximum absolute atomic E-state index is 11.6. The number of piperidine rings is 1. The zero-order chi connectivity index (χ0) is 20.4. The van der Waals surface area contributed by atoms with E-state index in [1.807, 2.05) is 0 Å². The van der Waals surface area contributed by atoms with Crippen LogP contribution in [0.4, 0.5) is 0 Å². The standard InChI is InChI=1S/C23H32N4O2/c1-17(2)19-6-4-18(5-7-19)13-26-10-3-8-23(15-26)9-11-27(16-23)14-20-12-21(28)25-22(29)24-20/h4-7,12,17H,3,8-11,13-16H2,1-2H3,(H2,24,25,28,29)/t23-/m0/s1. The molecule has 2 aliphatic heterocycles. The number of hydrogen-bond donors (Lipinski definition) is 2. The number of H-pyrrole nitrogens is 2. The number of benzene rings is 1. The second kappa shape index (κ2) is 8.28. The van der Waals surface area contributed by atoms with Crippen molar-refractivity contribution < 1.29 is 0 Å². The number of aromatic amines is 2. The third kappa shape index (κ3) is 4.87.